The van der Waals surface area contributed by atoms with E-state index in [9.17, 15) is 9.59 Å². The van der Waals surface area contributed by atoms with E-state index in [1.807, 2.05) is 25.3 Å². The molecule has 0 saturated heterocycles. The minimum Gasteiger partial charge on any atom is -0.490 e. The number of carbonyl (C=O) groups excluding carboxylic acids is 1. The third-order valence-electron chi connectivity index (χ3n) is 5.70. The second-order valence-corrected chi connectivity index (χ2v) is 8.86. The fourth-order valence-electron chi connectivity index (χ4n) is 3.84. The molecule has 6 heteroatoms. The van der Waals surface area contributed by atoms with Crippen molar-refractivity contribution in [2.45, 2.75) is 53.5 Å². The summed E-state index contributed by atoms with van der Waals surface area (Å²) in [5.74, 6) is 0.740. The largest absolute Gasteiger partial charge is 0.490 e. The maximum Gasteiger partial charge on any atom is 0.313 e. The number of ether oxygens (including phenoxy) is 3. The van der Waals surface area contributed by atoms with Gasteiger partial charge >= 0.3 is 5.97 Å². The molecule has 1 atom stereocenters. The molecule has 1 aromatic heterocycles. The molecule has 0 aliphatic carbocycles. The Morgan fingerprint density at radius 1 is 1.13 bits per heavy atom. The average Bonchev–Trinajstić information content (AvgIpc) is 2.71. The van der Waals surface area contributed by atoms with E-state index < -0.39 is 0 Å². The van der Waals surface area contributed by atoms with Crippen LogP contribution in [0.1, 0.15) is 51.3 Å². The van der Waals surface area contributed by atoms with Crippen LogP contribution in [0.3, 0.4) is 0 Å². The molecule has 3 rings (SSSR count). The fraction of sp³-hybridized carbons (Fsp3) is 0.520. The maximum absolute atomic E-state index is 12.5. The molecule has 168 valence electrons. The summed E-state index contributed by atoms with van der Waals surface area (Å²) in [4.78, 5) is 24.8. The number of benzene rings is 1. The number of hydrogen-bond acceptors (Lipinski definition) is 5. The predicted octanol–water partition coefficient (Wildman–Crippen LogP) is 4.55. The third kappa shape index (κ3) is 5.01. The molecular weight excluding hydrogens is 394 g/mol. The van der Waals surface area contributed by atoms with Crippen molar-refractivity contribution in [2.24, 2.45) is 11.8 Å². The number of aryl methyl sites for hydroxylation is 1. The molecule has 0 radical (unpaired) electrons. The molecule has 1 aliphatic rings. The third-order valence-corrected chi connectivity index (χ3v) is 5.70. The number of rotatable bonds is 8. The monoisotopic (exact) mass is 427 g/mol. The molecule has 0 saturated carbocycles. The average molecular weight is 428 g/mol. The normalized spacial score (nSPS) is 15.0. The minimum atomic E-state index is -0.321. The van der Waals surface area contributed by atoms with E-state index in [-0.39, 0.29) is 23.4 Å². The Hall–Kier alpha value is -2.60. The molecule has 0 amide bonds. The Morgan fingerprint density at radius 3 is 2.52 bits per heavy atom. The van der Waals surface area contributed by atoms with Crippen molar-refractivity contribution < 1.29 is 19.0 Å². The molecule has 0 N–H and O–H groups in total. The van der Waals surface area contributed by atoms with E-state index in [1.165, 1.54) is 0 Å². The molecule has 2 heterocycles. The van der Waals surface area contributed by atoms with Crippen LogP contribution < -0.4 is 14.9 Å². The van der Waals surface area contributed by atoms with Gasteiger partial charge in [-0.1, -0.05) is 27.7 Å². The number of carbonyl (C=O) groups is 1. The van der Waals surface area contributed by atoms with Gasteiger partial charge in [0, 0.05) is 49.6 Å². The summed E-state index contributed by atoms with van der Waals surface area (Å²) < 4.78 is 19.0. The Balaban J connectivity index is 2.10. The second-order valence-electron chi connectivity index (χ2n) is 8.86. The smallest absolute Gasteiger partial charge is 0.313 e. The van der Waals surface area contributed by atoms with Crippen LogP contribution in [0.4, 0.5) is 0 Å². The highest BCUT2D eigenvalue weighted by molar-refractivity contribution is 5.77. The van der Waals surface area contributed by atoms with E-state index in [0.29, 0.717) is 30.6 Å². The van der Waals surface area contributed by atoms with Gasteiger partial charge in [-0.2, -0.15) is 0 Å². The Morgan fingerprint density at radius 2 is 1.87 bits per heavy atom. The van der Waals surface area contributed by atoms with Crippen molar-refractivity contribution in [3.8, 4) is 22.8 Å². The summed E-state index contributed by atoms with van der Waals surface area (Å²) in [6.45, 7) is 10.9. The van der Waals surface area contributed by atoms with Gasteiger partial charge < -0.3 is 18.8 Å². The molecule has 0 spiro atoms. The van der Waals surface area contributed by atoms with Gasteiger partial charge in [0.1, 0.15) is 0 Å². The number of pyridine rings is 1. The van der Waals surface area contributed by atoms with Crippen LogP contribution in [0.15, 0.2) is 29.2 Å². The zero-order valence-electron chi connectivity index (χ0n) is 19.4. The lowest BCUT2D eigenvalue weighted by atomic mass is 9.87. The number of methoxy groups -OCH3 is 1. The summed E-state index contributed by atoms with van der Waals surface area (Å²) in [6.07, 6.45) is 3.49. The van der Waals surface area contributed by atoms with Crippen LogP contribution in [0.2, 0.25) is 0 Å². The standard InChI is InChI=1S/C25H33NO5/c1-15(2)20-10-18-11-23(30-9-7-8-29-6)24(31-25(28)16(3)4)12-19(18)21-13-22(27)17(5)14-26(20)21/h11-16,20H,7-10H2,1-6H3. The predicted molar refractivity (Wildman–Crippen MR) is 121 cm³/mol. The molecular formula is C25H33NO5. The number of esters is 1. The molecule has 6 nitrogen and oxygen atoms in total. The first-order chi connectivity index (χ1) is 14.7. The van der Waals surface area contributed by atoms with E-state index in [0.717, 1.165) is 35.2 Å². The number of aromatic nitrogens is 1. The molecule has 0 fully saturated rings. The van der Waals surface area contributed by atoms with Crippen LogP contribution in [0.5, 0.6) is 11.5 Å². The lowest BCUT2D eigenvalue weighted by Gasteiger charge is -2.34. The van der Waals surface area contributed by atoms with Crippen molar-refractivity contribution in [3.05, 3.63) is 45.7 Å². The van der Waals surface area contributed by atoms with Gasteiger partial charge in [0.15, 0.2) is 16.9 Å². The zero-order chi connectivity index (χ0) is 22.7. The first-order valence-electron chi connectivity index (χ1n) is 11.0. The van der Waals surface area contributed by atoms with Crippen LogP contribution in [-0.4, -0.2) is 30.9 Å². The molecule has 1 aliphatic heterocycles. The summed E-state index contributed by atoms with van der Waals surface area (Å²) in [7, 11) is 1.65. The fourth-order valence-corrected chi connectivity index (χ4v) is 3.84. The van der Waals surface area contributed by atoms with Gasteiger partial charge in [0.25, 0.3) is 0 Å². The van der Waals surface area contributed by atoms with Gasteiger partial charge in [-0.15, -0.1) is 0 Å². The van der Waals surface area contributed by atoms with Crippen molar-refractivity contribution in [2.75, 3.05) is 20.3 Å². The summed E-state index contributed by atoms with van der Waals surface area (Å²) in [5.41, 5.74) is 3.57. The molecule has 31 heavy (non-hydrogen) atoms. The lowest BCUT2D eigenvalue weighted by Crippen LogP contribution is -2.26. The highest BCUT2D eigenvalue weighted by atomic mass is 16.6. The SMILES string of the molecule is COCCCOc1cc2c(cc1OC(=O)C(C)C)-c1cc(=O)c(C)cn1C(C(C)C)C2. The topological polar surface area (TPSA) is 66.8 Å². The van der Waals surface area contributed by atoms with Crippen molar-refractivity contribution in [3.63, 3.8) is 0 Å². The summed E-state index contributed by atoms with van der Waals surface area (Å²) in [5, 5.41) is 0. The van der Waals surface area contributed by atoms with Gasteiger partial charge in [0.2, 0.25) is 0 Å². The number of nitrogens with zero attached hydrogens (tertiary/aromatic N) is 1. The lowest BCUT2D eigenvalue weighted by molar-refractivity contribution is -0.137. The highest BCUT2D eigenvalue weighted by Gasteiger charge is 2.29. The zero-order valence-corrected chi connectivity index (χ0v) is 19.4. The first-order valence-corrected chi connectivity index (χ1v) is 11.0. The van der Waals surface area contributed by atoms with Crippen LogP contribution in [0.25, 0.3) is 11.3 Å². The van der Waals surface area contributed by atoms with E-state index >= 15 is 0 Å². The van der Waals surface area contributed by atoms with Crippen molar-refractivity contribution in [1.82, 2.24) is 4.57 Å². The van der Waals surface area contributed by atoms with Gasteiger partial charge in [-0.25, -0.2) is 0 Å². The Kier molecular flexibility index (Phi) is 7.21. The quantitative estimate of drug-likeness (QED) is 0.351. The Labute approximate surface area is 184 Å². The number of fused-ring (bicyclic) bond motifs is 3. The minimum absolute atomic E-state index is 0.00206. The maximum atomic E-state index is 12.5. The highest BCUT2D eigenvalue weighted by Crippen LogP contribution is 2.43. The van der Waals surface area contributed by atoms with Crippen LogP contribution >= 0.6 is 0 Å². The van der Waals surface area contributed by atoms with Crippen molar-refractivity contribution in [1.29, 1.82) is 0 Å². The molecule has 0 bridgehead atoms. The second kappa shape index (κ2) is 9.69. The number of hydrogen-bond donors (Lipinski definition) is 0. The first kappa shape index (κ1) is 23.1. The van der Waals surface area contributed by atoms with Gasteiger partial charge in [-0.05, 0) is 37.0 Å². The molecule has 1 unspecified atom stereocenters. The van der Waals surface area contributed by atoms with Crippen LogP contribution in [0, 0.1) is 18.8 Å². The summed E-state index contributed by atoms with van der Waals surface area (Å²) >= 11 is 0. The summed E-state index contributed by atoms with van der Waals surface area (Å²) in [6, 6.07) is 5.73. The molecule has 1 aromatic carbocycles. The van der Waals surface area contributed by atoms with Crippen LogP contribution in [-0.2, 0) is 16.0 Å². The Bertz CT molecular complexity index is 1010. The van der Waals surface area contributed by atoms with Crippen molar-refractivity contribution >= 4 is 5.97 Å². The van der Waals surface area contributed by atoms with E-state index in [1.54, 1.807) is 27.0 Å². The van der Waals surface area contributed by atoms with E-state index in [2.05, 4.69) is 18.4 Å². The van der Waals surface area contributed by atoms with Gasteiger partial charge in [0.05, 0.1) is 18.2 Å². The molecule has 2 aromatic rings. The van der Waals surface area contributed by atoms with Gasteiger partial charge in [-0.3, -0.25) is 9.59 Å². The van der Waals surface area contributed by atoms with E-state index in [4.69, 9.17) is 14.2 Å².